The molecule has 0 aromatic carbocycles. The molecule has 0 bridgehead atoms. The van der Waals surface area contributed by atoms with Gasteiger partial charge < -0.3 is 24.4 Å². The van der Waals surface area contributed by atoms with Crippen LogP contribution >= 0.6 is 0 Å². The van der Waals surface area contributed by atoms with Crippen LogP contribution in [0, 0.1) is 5.92 Å². The van der Waals surface area contributed by atoms with Gasteiger partial charge in [0.1, 0.15) is 11.4 Å². The molecule has 1 atom stereocenters. The number of methoxy groups -OCH3 is 1. The molecule has 2 heterocycles. The van der Waals surface area contributed by atoms with E-state index in [0.717, 1.165) is 31.6 Å². The number of alkyl halides is 1. The number of nitrogens with one attached hydrogen (secondary N) is 1. The molecule has 1 amide bonds. The van der Waals surface area contributed by atoms with Gasteiger partial charge in [-0.15, -0.1) is 0 Å². The zero-order valence-electron chi connectivity index (χ0n) is 18.4. The number of amides is 1. The molecule has 1 aliphatic carbocycles. The molecule has 28 heavy (non-hydrogen) atoms. The van der Waals surface area contributed by atoms with E-state index >= 15 is 0 Å². The monoisotopic (exact) mass is 397 g/mol. The molecule has 1 aromatic heterocycles. The van der Waals surface area contributed by atoms with E-state index in [4.69, 9.17) is 17.0 Å². The lowest BCUT2D eigenvalue weighted by atomic mass is 10.1. The van der Waals surface area contributed by atoms with Crippen molar-refractivity contribution in [2.75, 3.05) is 51.5 Å². The lowest BCUT2D eigenvalue weighted by Gasteiger charge is -2.40. The summed E-state index contributed by atoms with van der Waals surface area (Å²) in [5, 5.41) is 2.79. The van der Waals surface area contributed by atoms with E-state index in [1.165, 1.54) is 0 Å². The Morgan fingerprint density at radius 3 is 2.93 bits per heavy atom. The third kappa shape index (κ3) is 5.78. The summed E-state index contributed by atoms with van der Waals surface area (Å²) in [6.07, 6.45) is 2.16. The SMILES string of the molecule is [2H]C([2H])(F)CCOCC(C)NC(=O)c1ccc(N2CC(OC)C2)c(OCC2CC2)n1. The molecule has 2 fully saturated rings. The molecule has 1 saturated carbocycles. The number of nitrogens with zero attached hydrogens (tertiary/aromatic N) is 2. The van der Waals surface area contributed by atoms with Crippen LogP contribution in [0.1, 0.15) is 39.4 Å². The van der Waals surface area contributed by atoms with Gasteiger partial charge in [-0.05, 0) is 44.2 Å². The fourth-order valence-electron chi connectivity index (χ4n) is 2.88. The van der Waals surface area contributed by atoms with Crippen molar-refractivity contribution in [3.05, 3.63) is 17.8 Å². The highest BCUT2D eigenvalue weighted by molar-refractivity contribution is 5.93. The van der Waals surface area contributed by atoms with Crippen LogP contribution in [-0.2, 0) is 9.47 Å². The molecule has 1 N–H and O–H groups in total. The Hall–Kier alpha value is -1.93. The molecular formula is C20H30FN3O4. The van der Waals surface area contributed by atoms with E-state index in [2.05, 4.69) is 15.2 Å². The molecule has 3 rings (SSSR count). The van der Waals surface area contributed by atoms with Crippen molar-refractivity contribution in [3.8, 4) is 5.88 Å². The van der Waals surface area contributed by atoms with Crippen LogP contribution in [0.3, 0.4) is 0 Å². The number of carbonyl (C=O) groups is 1. The minimum Gasteiger partial charge on any atom is -0.476 e. The zero-order chi connectivity index (χ0) is 21.7. The van der Waals surface area contributed by atoms with Gasteiger partial charge >= 0.3 is 0 Å². The summed E-state index contributed by atoms with van der Waals surface area (Å²) >= 11 is 0. The highest BCUT2D eigenvalue weighted by Crippen LogP contribution is 2.34. The minimum absolute atomic E-state index is 0.0614. The summed E-state index contributed by atoms with van der Waals surface area (Å²) in [7, 11) is 1.69. The van der Waals surface area contributed by atoms with Crippen LogP contribution < -0.4 is 15.0 Å². The molecule has 8 heteroatoms. The number of hydrogen-bond acceptors (Lipinski definition) is 6. The van der Waals surface area contributed by atoms with E-state index in [1.54, 1.807) is 20.1 Å². The van der Waals surface area contributed by atoms with E-state index in [0.29, 0.717) is 18.4 Å². The van der Waals surface area contributed by atoms with Crippen molar-refractivity contribution < 1.29 is 26.1 Å². The summed E-state index contributed by atoms with van der Waals surface area (Å²) in [6.45, 7) is 1.20. The van der Waals surface area contributed by atoms with Crippen LogP contribution in [0.15, 0.2) is 12.1 Å². The summed E-state index contributed by atoms with van der Waals surface area (Å²) in [4.78, 5) is 19.1. The maximum absolute atomic E-state index is 12.8. The third-order valence-corrected chi connectivity index (χ3v) is 4.83. The maximum atomic E-state index is 12.8. The van der Waals surface area contributed by atoms with E-state index < -0.39 is 6.63 Å². The van der Waals surface area contributed by atoms with Crippen LogP contribution in [-0.4, -0.2) is 69.7 Å². The Labute approximate surface area is 168 Å². The number of aromatic nitrogens is 1. The van der Waals surface area contributed by atoms with Gasteiger partial charge in [0.2, 0.25) is 5.88 Å². The van der Waals surface area contributed by atoms with Crippen LogP contribution in [0.4, 0.5) is 10.1 Å². The van der Waals surface area contributed by atoms with Crippen molar-refractivity contribution in [2.45, 2.75) is 38.3 Å². The van der Waals surface area contributed by atoms with Crippen LogP contribution in [0.5, 0.6) is 5.88 Å². The van der Waals surface area contributed by atoms with Crippen LogP contribution in [0.25, 0.3) is 0 Å². The van der Waals surface area contributed by atoms with Crippen molar-refractivity contribution >= 4 is 11.6 Å². The second-order valence-corrected chi connectivity index (χ2v) is 7.37. The second kappa shape index (κ2) is 10.0. The molecule has 1 aliphatic heterocycles. The van der Waals surface area contributed by atoms with E-state index in [1.807, 2.05) is 6.07 Å². The first-order chi connectivity index (χ1) is 14.2. The molecule has 0 spiro atoms. The molecular weight excluding hydrogens is 365 g/mol. The summed E-state index contributed by atoms with van der Waals surface area (Å²) in [5.41, 5.74) is 1.11. The number of halogens is 1. The lowest BCUT2D eigenvalue weighted by Crippen LogP contribution is -2.52. The third-order valence-electron chi connectivity index (χ3n) is 4.83. The number of rotatable bonds is 12. The van der Waals surface area contributed by atoms with Gasteiger partial charge in [-0.1, -0.05) is 0 Å². The summed E-state index contributed by atoms with van der Waals surface area (Å²) < 4.78 is 43.0. The molecule has 1 saturated heterocycles. The fraction of sp³-hybridized carbons (Fsp3) is 0.700. The Kier molecular flexibility index (Phi) is 6.49. The molecule has 2 aliphatic rings. The molecule has 7 nitrogen and oxygen atoms in total. The standard InChI is InChI=1S/C20H30FN3O4/c1-14(12-27-9-3-8-21)22-19(25)17-6-7-18(24-10-16(11-24)26-2)20(23-17)28-13-15-4-5-15/h6-7,14-16H,3-5,8-13H2,1-2H3,(H,22,25)/i8D2. The molecule has 1 aromatic rings. The van der Waals surface area contributed by atoms with Gasteiger partial charge in [0.15, 0.2) is 0 Å². The molecule has 156 valence electrons. The maximum Gasteiger partial charge on any atom is 0.270 e. The second-order valence-electron chi connectivity index (χ2n) is 7.37. The normalized spacial score (nSPS) is 19.5. The topological polar surface area (TPSA) is 72.9 Å². The van der Waals surface area contributed by atoms with Gasteiger partial charge in [0.05, 0.1) is 28.7 Å². The lowest BCUT2D eigenvalue weighted by molar-refractivity contribution is 0.0781. The number of hydrogen-bond donors (Lipinski definition) is 1. The van der Waals surface area contributed by atoms with Gasteiger partial charge in [-0.2, -0.15) is 0 Å². The van der Waals surface area contributed by atoms with E-state index in [9.17, 15) is 9.18 Å². The minimum atomic E-state index is -2.76. The highest BCUT2D eigenvalue weighted by atomic mass is 19.1. The largest absolute Gasteiger partial charge is 0.476 e. The summed E-state index contributed by atoms with van der Waals surface area (Å²) in [5.74, 6) is 0.666. The van der Waals surface area contributed by atoms with Gasteiger partial charge in [0.25, 0.3) is 5.91 Å². The Balaban J connectivity index is 1.55. The predicted molar refractivity (Wildman–Crippen MR) is 104 cm³/mol. The first-order valence-corrected chi connectivity index (χ1v) is 9.74. The number of anilines is 1. The van der Waals surface area contributed by atoms with Crippen molar-refractivity contribution in [2.24, 2.45) is 5.92 Å². The first-order valence-electron chi connectivity index (χ1n) is 10.7. The van der Waals surface area contributed by atoms with Crippen molar-refractivity contribution in [3.63, 3.8) is 0 Å². The average molecular weight is 397 g/mol. The van der Waals surface area contributed by atoms with Crippen LogP contribution in [0.2, 0.25) is 0 Å². The molecule has 1 unspecified atom stereocenters. The average Bonchev–Trinajstić information content (AvgIpc) is 3.47. The number of carbonyl (C=O) groups excluding carboxylic acids is 1. The first kappa shape index (κ1) is 18.1. The quantitative estimate of drug-likeness (QED) is 0.545. The van der Waals surface area contributed by atoms with Gasteiger partial charge in [0, 0.05) is 32.8 Å². The highest BCUT2D eigenvalue weighted by Gasteiger charge is 2.30. The Morgan fingerprint density at radius 2 is 2.25 bits per heavy atom. The molecule has 0 radical (unpaired) electrons. The van der Waals surface area contributed by atoms with Crippen molar-refractivity contribution in [1.82, 2.24) is 10.3 Å². The fourth-order valence-corrected chi connectivity index (χ4v) is 2.88. The summed E-state index contributed by atoms with van der Waals surface area (Å²) in [6, 6.07) is 3.18. The van der Waals surface area contributed by atoms with Crippen molar-refractivity contribution in [1.29, 1.82) is 0 Å². The Morgan fingerprint density at radius 1 is 1.46 bits per heavy atom. The number of ether oxygens (including phenoxy) is 3. The van der Waals surface area contributed by atoms with Gasteiger partial charge in [-0.25, -0.2) is 4.98 Å². The zero-order valence-corrected chi connectivity index (χ0v) is 16.4. The number of pyridine rings is 1. The van der Waals surface area contributed by atoms with E-state index in [-0.39, 0.29) is 43.4 Å². The smallest absolute Gasteiger partial charge is 0.270 e. The Bertz CT molecular complexity index is 724. The van der Waals surface area contributed by atoms with Gasteiger partial charge in [-0.3, -0.25) is 9.18 Å². The predicted octanol–water partition coefficient (Wildman–Crippen LogP) is 2.20.